The molecule has 1 aliphatic heterocycles. The van der Waals surface area contributed by atoms with E-state index in [1.54, 1.807) is 0 Å². The van der Waals surface area contributed by atoms with Gasteiger partial charge in [0.05, 0.1) is 6.10 Å². The number of carbonyl (C=O) groups is 1. The molecule has 0 spiro atoms. The first-order valence-corrected chi connectivity index (χ1v) is 5.86. The van der Waals surface area contributed by atoms with E-state index in [-0.39, 0.29) is 5.92 Å². The monoisotopic (exact) mass is 235 g/mol. The van der Waals surface area contributed by atoms with Gasteiger partial charge >= 0.3 is 6.09 Å². The zero-order chi connectivity index (χ0) is 12.3. The van der Waals surface area contributed by atoms with Gasteiger partial charge in [0.1, 0.15) is 0 Å². The number of hydrogen-bond donors (Lipinski definition) is 2. The number of hydrogen-bond acceptors (Lipinski definition) is 2. The van der Waals surface area contributed by atoms with Crippen molar-refractivity contribution in [3.05, 3.63) is 35.9 Å². The molecule has 0 aliphatic carbocycles. The van der Waals surface area contributed by atoms with Gasteiger partial charge in [0.15, 0.2) is 0 Å². The number of likely N-dealkylation sites (tertiary alicyclic amines) is 1. The van der Waals surface area contributed by atoms with Gasteiger partial charge in [0.25, 0.3) is 0 Å². The molecule has 0 aromatic heterocycles. The van der Waals surface area contributed by atoms with Crippen LogP contribution < -0.4 is 0 Å². The molecule has 0 radical (unpaired) electrons. The largest absolute Gasteiger partial charge is 0.465 e. The van der Waals surface area contributed by atoms with Crippen molar-refractivity contribution in [2.45, 2.75) is 18.9 Å². The van der Waals surface area contributed by atoms with E-state index in [1.165, 1.54) is 4.90 Å². The highest BCUT2D eigenvalue weighted by atomic mass is 16.4. The third kappa shape index (κ3) is 2.97. The van der Waals surface area contributed by atoms with E-state index < -0.39 is 12.2 Å². The molecule has 4 heteroatoms. The smallest absolute Gasteiger partial charge is 0.407 e. The average Bonchev–Trinajstić information content (AvgIpc) is 2.33. The number of amides is 1. The lowest BCUT2D eigenvalue weighted by atomic mass is 9.89. The van der Waals surface area contributed by atoms with Crippen LogP contribution in [0, 0.1) is 5.92 Å². The Morgan fingerprint density at radius 2 is 2.06 bits per heavy atom. The Morgan fingerprint density at radius 1 is 1.35 bits per heavy atom. The minimum Gasteiger partial charge on any atom is -0.465 e. The van der Waals surface area contributed by atoms with Crippen molar-refractivity contribution in [1.29, 1.82) is 0 Å². The van der Waals surface area contributed by atoms with Crippen LogP contribution >= 0.6 is 0 Å². The minimum absolute atomic E-state index is 0.00208. The lowest BCUT2D eigenvalue weighted by Crippen LogP contribution is -2.46. The number of rotatable bonds is 2. The average molecular weight is 235 g/mol. The highest BCUT2D eigenvalue weighted by Gasteiger charge is 2.29. The molecule has 1 aromatic rings. The summed E-state index contributed by atoms with van der Waals surface area (Å²) in [5.41, 5.74) is 1.14. The SMILES string of the molecule is O=C(O)N1CC[C@H](O)[C@H](Cc2ccccc2)C1. The second-order valence-electron chi connectivity index (χ2n) is 4.53. The van der Waals surface area contributed by atoms with Crippen molar-refractivity contribution in [3.63, 3.8) is 0 Å². The number of benzene rings is 1. The van der Waals surface area contributed by atoms with Crippen LogP contribution in [0.2, 0.25) is 0 Å². The fraction of sp³-hybridized carbons (Fsp3) is 0.462. The summed E-state index contributed by atoms with van der Waals surface area (Å²) in [6, 6.07) is 9.88. The van der Waals surface area contributed by atoms with E-state index in [2.05, 4.69) is 0 Å². The first-order valence-electron chi connectivity index (χ1n) is 5.86. The van der Waals surface area contributed by atoms with Crippen molar-refractivity contribution in [2.24, 2.45) is 5.92 Å². The Kier molecular flexibility index (Phi) is 3.64. The Bertz CT molecular complexity index is 380. The lowest BCUT2D eigenvalue weighted by Gasteiger charge is -2.34. The van der Waals surface area contributed by atoms with E-state index >= 15 is 0 Å². The molecule has 92 valence electrons. The van der Waals surface area contributed by atoms with E-state index in [1.807, 2.05) is 30.3 Å². The van der Waals surface area contributed by atoms with E-state index in [4.69, 9.17) is 5.11 Å². The Labute approximate surface area is 100 Å². The Balaban J connectivity index is 2.01. The molecule has 0 unspecified atom stereocenters. The minimum atomic E-state index is -0.894. The molecule has 1 fully saturated rings. The van der Waals surface area contributed by atoms with Gasteiger partial charge in [0.2, 0.25) is 0 Å². The summed E-state index contributed by atoms with van der Waals surface area (Å²) < 4.78 is 0. The standard InChI is InChI=1S/C13H17NO3/c15-12-6-7-14(13(16)17)9-11(12)8-10-4-2-1-3-5-10/h1-5,11-12,15H,6-9H2,(H,16,17)/t11-,12+/m1/s1. The molecule has 1 saturated heterocycles. The molecule has 0 bridgehead atoms. The van der Waals surface area contributed by atoms with E-state index in [9.17, 15) is 9.90 Å². The molecule has 4 nitrogen and oxygen atoms in total. The number of aliphatic hydroxyl groups is 1. The predicted molar refractivity (Wildman–Crippen MR) is 63.9 cm³/mol. The molecular weight excluding hydrogens is 218 g/mol. The summed E-state index contributed by atoms with van der Waals surface area (Å²) in [7, 11) is 0. The number of carboxylic acid groups (broad SMARTS) is 1. The summed E-state index contributed by atoms with van der Waals surface area (Å²) in [6.45, 7) is 0.854. The second kappa shape index (κ2) is 5.19. The van der Waals surface area contributed by atoms with Crippen LogP contribution in [-0.4, -0.2) is 40.4 Å². The summed E-state index contributed by atoms with van der Waals surface area (Å²) >= 11 is 0. The van der Waals surface area contributed by atoms with Gasteiger partial charge in [-0.25, -0.2) is 4.79 Å². The fourth-order valence-electron chi connectivity index (χ4n) is 2.31. The van der Waals surface area contributed by atoms with Crippen molar-refractivity contribution >= 4 is 6.09 Å². The van der Waals surface area contributed by atoms with Gasteiger partial charge in [0, 0.05) is 19.0 Å². The third-order valence-corrected chi connectivity index (χ3v) is 3.31. The van der Waals surface area contributed by atoms with Crippen molar-refractivity contribution < 1.29 is 15.0 Å². The molecule has 2 atom stereocenters. The number of aliphatic hydroxyl groups excluding tert-OH is 1. The molecule has 1 heterocycles. The van der Waals surface area contributed by atoms with Crippen LogP contribution in [0.4, 0.5) is 4.79 Å². The van der Waals surface area contributed by atoms with Gasteiger partial charge in [-0.2, -0.15) is 0 Å². The second-order valence-corrected chi connectivity index (χ2v) is 4.53. The van der Waals surface area contributed by atoms with Crippen LogP contribution in [0.3, 0.4) is 0 Å². The maximum atomic E-state index is 10.9. The summed E-state index contributed by atoms with van der Waals surface area (Å²) in [5, 5.41) is 18.9. The lowest BCUT2D eigenvalue weighted by molar-refractivity contribution is 0.0297. The zero-order valence-electron chi connectivity index (χ0n) is 9.62. The highest BCUT2D eigenvalue weighted by molar-refractivity contribution is 5.65. The molecule has 1 aliphatic rings. The Hall–Kier alpha value is -1.55. The maximum Gasteiger partial charge on any atom is 0.407 e. The summed E-state index contributed by atoms with van der Waals surface area (Å²) in [4.78, 5) is 12.3. The van der Waals surface area contributed by atoms with Crippen LogP contribution in [0.25, 0.3) is 0 Å². The first-order chi connectivity index (χ1) is 8.16. The zero-order valence-corrected chi connectivity index (χ0v) is 9.62. The van der Waals surface area contributed by atoms with Gasteiger partial charge in [-0.3, -0.25) is 0 Å². The van der Waals surface area contributed by atoms with Crippen molar-refractivity contribution in [2.75, 3.05) is 13.1 Å². The van der Waals surface area contributed by atoms with Crippen molar-refractivity contribution in [3.8, 4) is 0 Å². The molecule has 0 saturated carbocycles. The molecular formula is C13H17NO3. The highest BCUT2D eigenvalue weighted by Crippen LogP contribution is 2.21. The van der Waals surface area contributed by atoms with Crippen LogP contribution in [0.15, 0.2) is 30.3 Å². The Morgan fingerprint density at radius 3 is 2.71 bits per heavy atom. The normalized spacial score (nSPS) is 24.6. The first kappa shape index (κ1) is 11.9. The molecule has 1 amide bonds. The quantitative estimate of drug-likeness (QED) is 0.818. The molecule has 2 rings (SSSR count). The predicted octanol–water partition coefficient (Wildman–Crippen LogP) is 1.59. The van der Waals surface area contributed by atoms with Gasteiger partial charge in [-0.1, -0.05) is 30.3 Å². The van der Waals surface area contributed by atoms with Gasteiger partial charge in [-0.15, -0.1) is 0 Å². The van der Waals surface area contributed by atoms with Gasteiger partial charge < -0.3 is 15.1 Å². The summed E-state index contributed by atoms with van der Waals surface area (Å²) in [5.74, 6) is 0.00208. The van der Waals surface area contributed by atoms with E-state index in [0.717, 1.165) is 12.0 Å². The van der Waals surface area contributed by atoms with E-state index in [0.29, 0.717) is 19.5 Å². The van der Waals surface area contributed by atoms with Gasteiger partial charge in [-0.05, 0) is 18.4 Å². The third-order valence-electron chi connectivity index (χ3n) is 3.31. The number of nitrogens with zero attached hydrogens (tertiary/aromatic N) is 1. The summed E-state index contributed by atoms with van der Waals surface area (Å²) in [6.07, 6.45) is -0.0314. The topological polar surface area (TPSA) is 60.8 Å². The van der Waals surface area contributed by atoms with Crippen LogP contribution in [0.1, 0.15) is 12.0 Å². The van der Waals surface area contributed by atoms with Crippen LogP contribution in [0.5, 0.6) is 0 Å². The fourth-order valence-corrected chi connectivity index (χ4v) is 2.31. The molecule has 17 heavy (non-hydrogen) atoms. The van der Waals surface area contributed by atoms with Crippen LogP contribution in [-0.2, 0) is 6.42 Å². The van der Waals surface area contributed by atoms with Crippen molar-refractivity contribution in [1.82, 2.24) is 4.90 Å². The maximum absolute atomic E-state index is 10.9. The molecule has 1 aromatic carbocycles. The number of piperidine rings is 1. The molecule has 2 N–H and O–H groups in total.